The molecule has 0 bridgehead atoms. The highest BCUT2D eigenvalue weighted by Gasteiger charge is 1.99. The zero-order valence-electron chi connectivity index (χ0n) is 7.92. The van der Waals surface area contributed by atoms with Crippen LogP contribution in [-0.2, 0) is 6.42 Å². The van der Waals surface area contributed by atoms with Gasteiger partial charge in [-0.3, -0.25) is 0 Å². The van der Waals surface area contributed by atoms with Gasteiger partial charge in [0.25, 0.3) is 0 Å². The Bertz CT molecular complexity index is 248. The van der Waals surface area contributed by atoms with Gasteiger partial charge in [-0.2, -0.15) is 0 Å². The number of alkyl halides is 1. The molecular formula is C11H15BrO. The van der Waals surface area contributed by atoms with Crippen LogP contribution in [0.5, 0.6) is 5.75 Å². The number of para-hydroxylation sites is 1. The summed E-state index contributed by atoms with van der Waals surface area (Å²) in [6, 6.07) is 8.22. The maximum absolute atomic E-state index is 5.26. The predicted octanol–water partition coefficient (Wildman–Crippen LogP) is 3.41. The number of methoxy groups -OCH3 is 1. The summed E-state index contributed by atoms with van der Waals surface area (Å²) in [5.41, 5.74) is 1.31. The molecule has 0 heterocycles. The van der Waals surface area contributed by atoms with E-state index in [1.54, 1.807) is 7.11 Å². The second-order valence-corrected chi connectivity index (χ2v) is 3.75. The van der Waals surface area contributed by atoms with Crippen molar-refractivity contribution in [2.75, 3.05) is 12.4 Å². The zero-order chi connectivity index (χ0) is 9.52. The Hall–Kier alpha value is -0.500. The van der Waals surface area contributed by atoms with Crippen LogP contribution in [0, 0.1) is 0 Å². The van der Waals surface area contributed by atoms with E-state index < -0.39 is 0 Å². The number of hydrogen-bond acceptors (Lipinski definition) is 1. The lowest BCUT2D eigenvalue weighted by Gasteiger charge is -2.06. The van der Waals surface area contributed by atoms with Gasteiger partial charge in [0.05, 0.1) is 7.11 Å². The lowest BCUT2D eigenvalue weighted by molar-refractivity contribution is 0.409. The molecule has 0 radical (unpaired) electrons. The normalized spacial score (nSPS) is 10.0. The average molecular weight is 243 g/mol. The minimum atomic E-state index is 1.01. The molecule has 0 unspecified atom stereocenters. The van der Waals surface area contributed by atoms with Crippen LogP contribution in [0.15, 0.2) is 24.3 Å². The molecule has 0 aromatic heterocycles. The summed E-state index contributed by atoms with van der Waals surface area (Å²) in [5.74, 6) is 1.01. The second-order valence-electron chi connectivity index (χ2n) is 2.96. The van der Waals surface area contributed by atoms with Crippen LogP contribution in [0.25, 0.3) is 0 Å². The fourth-order valence-corrected chi connectivity index (χ4v) is 1.72. The van der Waals surface area contributed by atoms with Gasteiger partial charge in [0.15, 0.2) is 0 Å². The van der Waals surface area contributed by atoms with E-state index in [0.717, 1.165) is 17.5 Å². The summed E-state index contributed by atoms with van der Waals surface area (Å²) < 4.78 is 5.26. The van der Waals surface area contributed by atoms with Crippen molar-refractivity contribution in [1.29, 1.82) is 0 Å². The van der Waals surface area contributed by atoms with Crippen LogP contribution in [0.2, 0.25) is 0 Å². The number of hydrogen-bond donors (Lipinski definition) is 0. The Kier molecular flexibility index (Phi) is 4.91. The monoisotopic (exact) mass is 242 g/mol. The van der Waals surface area contributed by atoms with Crippen molar-refractivity contribution in [2.24, 2.45) is 0 Å². The quantitative estimate of drug-likeness (QED) is 0.568. The van der Waals surface area contributed by atoms with Crippen LogP contribution >= 0.6 is 15.9 Å². The molecule has 2 heteroatoms. The smallest absolute Gasteiger partial charge is 0.122 e. The number of aryl methyl sites for hydroxylation is 1. The molecule has 1 nitrogen and oxygen atoms in total. The summed E-state index contributed by atoms with van der Waals surface area (Å²) in [7, 11) is 1.73. The van der Waals surface area contributed by atoms with E-state index in [1.165, 1.54) is 18.4 Å². The Balaban J connectivity index is 2.54. The Morgan fingerprint density at radius 3 is 2.69 bits per heavy atom. The maximum Gasteiger partial charge on any atom is 0.122 e. The third-order valence-electron chi connectivity index (χ3n) is 2.02. The van der Waals surface area contributed by atoms with E-state index in [-0.39, 0.29) is 0 Å². The molecule has 0 saturated carbocycles. The van der Waals surface area contributed by atoms with Crippen molar-refractivity contribution in [1.82, 2.24) is 0 Å². The second kappa shape index (κ2) is 6.03. The first kappa shape index (κ1) is 10.6. The number of unbranched alkanes of at least 4 members (excludes halogenated alkanes) is 1. The first-order chi connectivity index (χ1) is 6.38. The molecule has 0 aliphatic carbocycles. The summed E-state index contributed by atoms with van der Waals surface area (Å²) in [6.07, 6.45) is 3.54. The molecule has 0 atom stereocenters. The van der Waals surface area contributed by atoms with Gasteiger partial charge >= 0.3 is 0 Å². The molecule has 1 aromatic rings. The predicted molar refractivity (Wildman–Crippen MR) is 59.7 cm³/mol. The van der Waals surface area contributed by atoms with Gasteiger partial charge in [0.1, 0.15) is 5.75 Å². The van der Waals surface area contributed by atoms with Crippen molar-refractivity contribution < 1.29 is 4.74 Å². The standard InChI is InChI=1S/C11H15BrO/c1-13-11-8-3-2-6-10(11)7-4-5-9-12/h2-3,6,8H,4-5,7,9H2,1H3. The van der Waals surface area contributed by atoms with Gasteiger partial charge in [0, 0.05) is 5.33 Å². The molecule has 0 N–H and O–H groups in total. The molecular weight excluding hydrogens is 228 g/mol. The van der Waals surface area contributed by atoms with Crippen molar-refractivity contribution >= 4 is 15.9 Å². The van der Waals surface area contributed by atoms with Crippen molar-refractivity contribution in [3.63, 3.8) is 0 Å². The number of halogens is 1. The SMILES string of the molecule is COc1ccccc1CCCCBr. The van der Waals surface area contributed by atoms with Crippen molar-refractivity contribution in [2.45, 2.75) is 19.3 Å². The van der Waals surface area contributed by atoms with Crippen LogP contribution < -0.4 is 4.74 Å². The third kappa shape index (κ3) is 3.39. The number of ether oxygens (including phenoxy) is 1. The average Bonchev–Trinajstić information content (AvgIpc) is 2.19. The topological polar surface area (TPSA) is 9.23 Å². The third-order valence-corrected chi connectivity index (χ3v) is 2.58. The molecule has 13 heavy (non-hydrogen) atoms. The summed E-state index contributed by atoms with van der Waals surface area (Å²) in [4.78, 5) is 0. The lowest BCUT2D eigenvalue weighted by Crippen LogP contribution is -1.92. The van der Waals surface area contributed by atoms with Gasteiger partial charge in [-0.05, 0) is 30.9 Å². The highest BCUT2D eigenvalue weighted by Crippen LogP contribution is 2.19. The van der Waals surface area contributed by atoms with E-state index in [4.69, 9.17) is 4.74 Å². The molecule has 0 fully saturated rings. The summed E-state index contributed by atoms with van der Waals surface area (Å²) in [5, 5.41) is 1.09. The highest BCUT2D eigenvalue weighted by molar-refractivity contribution is 9.09. The van der Waals surface area contributed by atoms with E-state index in [2.05, 4.69) is 28.1 Å². The zero-order valence-corrected chi connectivity index (χ0v) is 9.51. The summed E-state index contributed by atoms with van der Waals surface area (Å²) >= 11 is 3.43. The van der Waals surface area contributed by atoms with E-state index in [9.17, 15) is 0 Å². The van der Waals surface area contributed by atoms with Crippen LogP contribution in [-0.4, -0.2) is 12.4 Å². The molecule has 1 aromatic carbocycles. The lowest BCUT2D eigenvalue weighted by atomic mass is 10.1. The number of rotatable bonds is 5. The minimum absolute atomic E-state index is 1.01. The van der Waals surface area contributed by atoms with Crippen LogP contribution in [0.1, 0.15) is 18.4 Å². The van der Waals surface area contributed by atoms with Gasteiger partial charge in [-0.15, -0.1) is 0 Å². The van der Waals surface area contributed by atoms with Gasteiger partial charge in [-0.25, -0.2) is 0 Å². The van der Waals surface area contributed by atoms with Gasteiger partial charge < -0.3 is 4.74 Å². The molecule has 0 aliphatic heterocycles. The number of benzene rings is 1. The Morgan fingerprint density at radius 1 is 1.23 bits per heavy atom. The molecule has 0 amide bonds. The van der Waals surface area contributed by atoms with Gasteiger partial charge in [0.2, 0.25) is 0 Å². The summed E-state index contributed by atoms with van der Waals surface area (Å²) in [6.45, 7) is 0. The molecule has 0 spiro atoms. The van der Waals surface area contributed by atoms with Crippen LogP contribution in [0.4, 0.5) is 0 Å². The molecule has 72 valence electrons. The molecule has 1 rings (SSSR count). The molecule has 0 saturated heterocycles. The van der Waals surface area contributed by atoms with Gasteiger partial charge in [-0.1, -0.05) is 34.1 Å². The highest BCUT2D eigenvalue weighted by atomic mass is 79.9. The fourth-order valence-electron chi connectivity index (χ4n) is 1.32. The maximum atomic E-state index is 5.26. The Labute approximate surface area is 88.2 Å². The fraction of sp³-hybridized carbons (Fsp3) is 0.455. The van der Waals surface area contributed by atoms with Crippen molar-refractivity contribution in [3.05, 3.63) is 29.8 Å². The largest absolute Gasteiger partial charge is 0.496 e. The van der Waals surface area contributed by atoms with E-state index in [1.807, 2.05) is 12.1 Å². The first-order valence-electron chi connectivity index (χ1n) is 4.56. The first-order valence-corrected chi connectivity index (χ1v) is 5.68. The molecule has 0 aliphatic rings. The van der Waals surface area contributed by atoms with E-state index in [0.29, 0.717) is 0 Å². The van der Waals surface area contributed by atoms with Crippen LogP contribution in [0.3, 0.4) is 0 Å². The minimum Gasteiger partial charge on any atom is -0.496 e. The van der Waals surface area contributed by atoms with Crippen molar-refractivity contribution in [3.8, 4) is 5.75 Å². The Morgan fingerprint density at radius 2 is 2.00 bits per heavy atom. The van der Waals surface area contributed by atoms with E-state index >= 15 is 0 Å².